The Balaban J connectivity index is 1.46. The normalized spacial score (nSPS) is 12.1. The van der Waals surface area contributed by atoms with Gasteiger partial charge in [0.1, 0.15) is 0 Å². The number of fused-ring (bicyclic) bond motifs is 1. The predicted octanol–water partition coefficient (Wildman–Crippen LogP) is 3.42. The van der Waals surface area contributed by atoms with E-state index in [1.807, 2.05) is 37.3 Å². The van der Waals surface area contributed by atoms with Gasteiger partial charge in [0.25, 0.3) is 5.91 Å². The molecule has 138 valence electrons. The van der Waals surface area contributed by atoms with Gasteiger partial charge in [-0.15, -0.1) is 0 Å². The van der Waals surface area contributed by atoms with Crippen LogP contribution in [0.1, 0.15) is 28.4 Å². The Morgan fingerprint density at radius 2 is 1.93 bits per heavy atom. The molecule has 2 aromatic carbocycles. The van der Waals surface area contributed by atoms with Crippen LogP contribution < -0.4 is 10.2 Å². The zero-order chi connectivity index (χ0) is 19.3. The summed E-state index contributed by atoms with van der Waals surface area (Å²) in [6.07, 6.45) is 4.26. The highest BCUT2D eigenvalue weighted by molar-refractivity contribution is 5.94. The maximum atomic E-state index is 12.4. The summed E-state index contributed by atoms with van der Waals surface area (Å²) < 4.78 is 0. The fourth-order valence-electron chi connectivity index (χ4n) is 3.35. The van der Waals surface area contributed by atoms with Crippen LogP contribution in [0, 0.1) is 12.0 Å². The molecule has 5 nitrogen and oxygen atoms in total. The Labute approximate surface area is 164 Å². The summed E-state index contributed by atoms with van der Waals surface area (Å²) in [6.45, 7) is 3.22. The molecule has 1 N–H and O–H groups in total. The monoisotopic (exact) mass is 368 g/mol. The summed E-state index contributed by atoms with van der Waals surface area (Å²) in [6, 6.07) is 19.1. The first-order chi connectivity index (χ1) is 13.7. The molecular formula is C23H20N4O. The van der Waals surface area contributed by atoms with Crippen molar-refractivity contribution in [3.63, 3.8) is 0 Å². The molecule has 1 aromatic heterocycles. The molecule has 0 saturated carbocycles. The maximum Gasteiger partial charge on any atom is 0.251 e. The zero-order valence-corrected chi connectivity index (χ0v) is 15.6. The summed E-state index contributed by atoms with van der Waals surface area (Å²) in [5.74, 6) is 2.86. The van der Waals surface area contributed by atoms with Crippen LogP contribution in [0.3, 0.4) is 0 Å². The third-order valence-corrected chi connectivity index (χ3v) is 4.80. The number of carbonyl (C=O) groups excluding carboxylic acids is 1. The van der Waals surface area contributed by atoms with Crippen LogP contribution in [0.5, 0.6) is 0 Å². The Bertz CT molecular complexity index is 1050. The Morgan fingerprint density at radius 1 is 1.11 bits per heavy atom. The molecule has 1 amide bonds. The van der Waals surface area contributed by atoms with Gasteiger partial charge in [-0.25, -0.2) is 0 Å². The van der Waals surface area contributed by atoms with E-state index in [2.05, 4.69) is 50.6 Å². The predicted molar refractivity (Wildman–Crippen MR) is 110 cm³/mol. The van der Waals surface area contributed by atoms with Crippen molar-refractivity contribution in [2.24, 2.45) is 0 Å². The molecular weight excluding hydrogens is 348 g/mol. The lowest BCUT2D eigenvalue weighted by atomic mass is 10.0. The van der Waals surface area contributed by atoms with Crippen LogP contribution in [0.4, 0.5) is 5.69 Å². The van der Waals surface area contributed by atoms with Gasteiger partial charge in [0, 0.05) is 30.9 Å². The number of benzene rings is 2. The standard InChI is InChI=1S/C23H20N4O/c1-2-12-27-13-10-21-14-20(7-8-22(21)27)18-3-5-19(6-4-18)23(28)24-15-17-9-11-25-26-16-17/h3-9,11,14,16H,10,13,15H2,1H3,(H,24,28). The Morgan fingerprint density at radius 3 is 2.68 bits per heavy atom. The van der Waals surface area contributed by atoms with E-state index >= 15 is 0 Å². The number of carbonyl (C=O) groups is 1. The van der Waals surface area contributed by atoms with Gasteiger partial charge in [-0.1, -0.05) is 24.1 Å². The van der Waals surface area contributed by atoms with Crippen molar-refractivity contribution in [3.8, 4) is 23.1 Å². The van der Waals surface area contributed by atoms with Gasteiger partial charge in [0.05, 0.1) is 11.9 Å². The average Bonchev–Trinajstić information content (AvgIpc) is 3.15. The number of nitrogens with one attached hydrogen (secondary N) is 1. The molecule has 5 heteroatoms. The van der Waals surface area contributed by atoms with E-state index in [-0.39, 0.29) is 5.91 Å². The third kappa shape index (κ3) is 3.72. The van der Waals surface area contributed by atoms with Crippen LogP contribution in [-0.2, 0) is 13.0 Å². The number of aromatic nitrogens is 2. The van der Waals surface area contributed by atoms with Crippen LogP contribution in [0.15, 0.2) is 60.9 Å². The molecule has 1 aliphatic rings. The first kappa shape index (κ1) is 17.7. The van der Waals surface area contributed by atoms with E-state index in [0.717, 1.165) is 29.7 Å². The van der Waals surface area contributed by atoms with E-state index in [0.29, 0.717) is 12.1 Å². The van der Waals surface area contributed by atoms with E-state index in [4.69, 9.17) is 0 Å². The van der Waals surface area contributed by atoms with E-state index in [1.54, 1.807) is 12.4 Å². The van der Waals surface area contributed by atoms with Gasteiger partial charge in [0.15, 0.2) is 0 Å². The first-order valence-electron chi connectivity index (χ1n) is 9.21. The Hall–Kier alpha value is -3.65. The van der Waals surface area contributed by atoms with Crippen molar-refractivity contribution < 1.29 is 4.79 Å². The van der Waals surface area contributed by atoms with E-state index in [1.165, 1.54) is 11.3 Å². The van der Waals surface area contributed by atoms with Crippen molar-refractivity contribution in [1.82, 2.24) is 15.5 Å². The summed E-state index contributed by atoms with van der Waals surface area (Å²) in [4.78, 5) is 14.5. The number of hydrogen-bond acceptors (Lipinski definition) is 4. The molecule has 4 rings (SSSR count). The highest BCUT2D eigenvalue weighted by atomic mass is 16.1. The second kappa shape index (κ2) is 7.93. The minimum absolute atomic E-state index is 0.105. The molecule has 3 aromatic rings. The van der Waals surface area contributed by atoms with Crippen molar-refractivity contribution >= 4 is 11.6 Å². The Kier molecular flexibility index (Phi) is 5.03. The third-order valence-electron chi connectivity index (χ3n) is 4.80. The maximum absolute atomic E-state index is 12.4. The topological polar surface area (TPSA) is 58.1 Å². The fourth-order valence-corrected chi connectivity index (χ4v) is 3.35. The van der Waals surface area contributed by atoms with Crippen LogP contribution in [0.25, 0.3) is 11.1 Å². The van der Waals surface area contributed by atoms with E-state index in [9.17, 15) is 4.79 Å². The van der Waals surface area contributed by atoms with Gasteiger partial charge in [-0.3, -0.25) is 4.79 Å². The highest BCUT2D eigenvalue weighted by Gasteiger charge is 2.18. The minimum Gasteiger partial charge on any atom is -0.348 e. The molecule has 0 radical (unpaired) electrons. The lowest BCUT2D eigenvalue weighted by Crippen LogP contribution is -2.22. The summed E-state index contributed by atoms with van der Waals surface area (Å²) in [5, 5.41) is 10.4. The van der Waals surface area contributed by atoms with Gasteiger partial charge < -0.3 is 10.2 Å². The van der Waals surface area contributed by atoms with Crippen LogP contribution in [0.2, 0.25) is 0 Å². The second-order valence-electron chi connectivity index (χ2n) is 6.62. The molecule has 2 heterocycles. The number of rotatable bonds is 4. The molecule has 0 spiro atoms. The highest BCUT2D eigenvalue weighted by Crippen LogP contribution is 2.32. The van der Waals surface area contributed by atoms with Gasteiger partial charge in [0.2, 0.25) is 0 Å². The van der Waals surface area contributed by atoms with Gasteiger partial charge >= 0.3 is 0 Å². The fraction of sp³-hybridized carbons (Fsp3) is 0.174. The molecule has 0 saturated heterocycles. The van der Waals surface area contributed by atoms with Gasteiger partial charge in [-0.05, 0) is 65.9 Å². The van der Waals surface area contributed by atoms with E-state index < -0.39 is 0 Å². The second-order valence-corrected chi connectivity index (χ2v) is 6.62. The zero-order valence-electron chi connectivity index (χ0n) is 15.6. The summed E-state index contributed by atoms with van der Waals surface area (Å²) in [7, 11) is 0. The lowest BCUT2D eigenvalue weighted by molar-refractivity contribution is 0.0951. The van der Waals surface area contributed by atoms with Crippen LogP contribution >= 0.6 is 0 Å². The summed E-state index contributed by atoms with van der Waals surface area (Å²) in [5.41, 5.74) is 6.31. The molecule has 1 aliphatic heterocycles. The smallest absolute Gasteiger partial charge is 0.251 e. The number of anilines is 1. The lowest BCUT2D eigenvalue weighted by Gasteiger charge is -2.11. The molecule has 0 fully saturated rings. The van der Waals surface area contributed by atoms with Gasteiger partial charge in [-0.2, -0.15) is 10.2 Å². The molecule has 0 bridgehead atoms. The van der Waals surface area contributed by atoms with Crippen molar-refractivity contribution in [1.29, 1.82) is 0 Å². The minimum atomic E-state index is -0.105. The van der Waals surface area contributed by atoms with Crippen LogP contribution in [-0.4, -0.2) is 22.6 Å². The van der Waals surface area contributed by atoms with Crippen molar-refractivity contribution in [3.05, 3.63) is 77.6 Å². The quantitative estimate of drug-likeness (QED) is 0.717. The number of amides is 1. The SMILES string of the molecule is CC#CN1CCc2cc(-c3ccc(C(=O)NCc4ccnnc4)cc3)ccc21. The number of nitrogens with zero attached hydrogens (tertiary/aromatic N) is 3. The number of hydrogen-bond donors (Lipinski definition) is 1. The summed E-state index contributed by atoms with van der Waals surface area (Å²) >= 11 is 0. The van der Waals surface area contributed by atoms with Crippen molar-refractivity contribution in [2.75, 3.05) is 11.4 Å². The molecule has 0 atom stereocenters. The molecule has 0 aliphatic carbocycles. The van der Waals surface area contributed by atoms with Crippen molar-refractivity contribution in [2.45, 2.75) is 19.9 Å². The molecule has 0 unspecified atom stereocenters. The first-order valence-corrected chi connectivity index (χ1v) is 9.21. The average molecular weight is 368 g/mol. The molecule has 28 heavy (non-hydrogen) atoms. The largest absolute Gasteiger partial charge is 0.348 e.